The third-order valence-electron chi connectivity index (χ3n) is 1.77. The summed E-state index contributed by atoms with van der Waals surface area (Å²) in [4.78, 5) is 10.5. The number of carbonyl (C=O) groups excluding carboxylic acids is 1. The van der Waals surface area contributed by atoms with E-state index in [1.165, 1.54) is 0 Å². The highest BCUT2D eigenvalue weighted by atomic mass is 16.1. The molecule has 74 valence electrons. The van der Waals surface area contributed by atoms with E-state index in [-0.39, 0.29) is 18.4 Å². The van der Waals surface area contributed by atoms with E-state index in [2.05, 4.69) is 0 Å². The second-order valence-corrected chi connectivity index (χ2v) is 3.10. The van der Waals surface area contributed by atoms with Crippen LogP contribution in [0.3, 0.4) is 0 Å². The fraction of sp³-hybridized carbons (Fsp3) is 0.182. The number of rotatable bonds is 4. The van der Waals surface area contributed by atoms with Crippen molar-refractivity contribution in [1.82, 2.24) is 0 Å². The zero-order chi connectivity index (χ0) is 10.4. The maximum atomic E-state index is 10.5. The number of nitrogens with two attached hydrogens (primary N) is 2. The summed E-state index contributed by atoms with van der Waals surface area (Å²) in [6.07, 6.45) is 3.84. The molecule has 0 fully saturated rings. The second-order valence-electron chi connectivity index (χ2n) is 3.10. The van der Waals surface area contributed by atoms with Gasteiger partial charge >= 0.3 is 0 Å². The number of benzene rings is 1. The number of hydrogen-bond donors (Lipinski definition) is 2. The van der Waals surface area contributed by atoms with Crippen molar-refractivity contribution in [2.75, 3.05) is 0 Å². The van der Waals surface area contributed by atoms with Crippen LogP contribution >= 0.6 is 0 Å². The molecule has 1 rings (SSSR count). The predicted molar refractivity (Wildman–Crippen MR) is 57.3 cm³/mol. The Kier molecular flexibility index (Phi) is 3.88. The van der Waals surface area contributed by atoms with Crippen LogP contribution < -0.4 is 11.5 Å². The fourth-order valence-corrected chi connectivity index (χ4v) is 1.10. The van der Waals surface area contributed by atoms with Crippen molar-refractivity contribution >= 4 is 12.0 Å². The smallest absolute Gasteiger partial charge is 0.219 e. The first-order valence-corrected chi connectivity index (χ1v) is 4.45. The summed E-state index contributed by atoms with van der Waals surface area (Å²) < 4.78 is 0. The van der Waals surface area contributed by atoms with Gasteiger partial charge in [-0.15, -0.1) is 0 Å². The topological polar surface area (TPSA) is 69.1 Å². The van der Waals surface area contributed by atoms with Crippen LogP contribution in [-0.4, -0.2) is 11.9 Å². The lowest BCUT2D eigenvalue weighted by Crippen LogP contribution is -2.25. The van der Waals surface area contributed by atoms with Crippen LogP contribution in [-0.2, 0) is 4.79 Å². The molecule has 3 heteroatoms. The molecule has 1 amide bonds. The van der Waals surface area contributed by atoms with Crippen molar-refractivity contribution in [3.63, 3.8) is 0 Å². The molecule has 0 aliphatic heterocycles. The van der Waals surface area contributed by atoms with Gasteiger partial charge in [-0.1, -0.05) is 42.5 Å². The van der Waals surface area contributed by atoms with E-state index in [4.69, 9.17) is 11.5 Å². The van der Waals surface area contributed by atoms with Crippen molar-refractivity contribution in [2.45, 2.75) is 12.5 Å². The standard InChI is InChI=1S/C11H14N2O/c12-10(8-11(13)14)7-6-9-4-2-1-3-5-9/h1-7,10H,8,12H2,(H2,13,14)/b7-6+. The molecule has 0 aliphatic carbocycles. The third-order valence-corrected chi connectivity index (χ3v) is 1.77. The van der Waals surface area contributed by atoms with Crippen molar-refractivity contribution in [3.8, 4) is 0 Å². The Balaban J connectivity index is 2.52. The molecule has 0 radical (unpaired) electrons. The fourth-order valence-electron chi connectivity index (χ4n) is 1.10. The van der Waals surface area contributed by atoms with Gasteiger partial charge in [0, 0.05) is 12.5 Å². The summed E-state index contributed by atoms with van der Waals surface area (Å²) in [6.45, 7) is 0. The molecule has 1 unspecified atom stereocenters. The Labute approximate surface area is 83.4 Å². The van der Waals surface area contributed by atoms with Gasteiger partial charge in [-0.3, -0.25) is 4.79 Å². The van der Waals surface area contributed by atoms with E-state index in [0.717, 1.165) is 5.56 Å². The molecule has 14 heavy (non-hydrogen) atoms. The van der Waals surface area contributed by atoms with E-state index in [9.17, 15) is 4.79 Å². The number of primary amides is 1. The third kappa shape index (κ3) is 3.87. The Morgan fingerprint density at radius 1 is 1.36 bits per heavy atom. The lowest BCUT2D eigenvalue weighted by atomic mass is 10.1. The normalized spacial score (nSPS) is 12.9. The van der Waals surface area contributed by atoms with Gasteiger partial charge in [-0.25, -0.2) is 0 Å². The maximum absolute atomic E-state index is 10.5. The molecule has 0 saturated heterocycles. The van der Waals surface area contributed by atoms with Crippen LogP contribution in [0.15, 0.2) is 36.4 Å². The Morgan fingerprint density at radius 3 is 2.57 bits per heavy atom. The molecular formula is C11H14N2O. The van der Waals surface area contributed by atoms with Crippen LogP contribution in [0, 0.1) is 0 Å². The van der Waals surface area contributed by atoms with Crippen molar-refractivity contribution in [2.24, 2.45) is 11.5 Å². The van der Waals surface area contributed by atoms with E-state index >= 15 is 0 Å². The first-order chi connectivity index (χ1) is 6.68. The minimum absolute atomic E-state index is 0.184. The van der Waals surface area contributed by atoms with Crippen molar-refractivity contribution in [3.05, 3.63) is 42.0 Å². The van der Waals surface area contributed by atoms with Crippen LogP contribution in [0.5, 0.6) is 0 Å². The maximum Gasteiger partial charge on any atom is 0.219 e. The minimum Gasteiger partial charge on any atom is -0.370 e. The van der Waals surface area contributed by atoms with Gasteiger partial charge < -0.3 is 11.5 Å². The molecule has 0 spiro atoms. The summed E-state index contributed by atoms with van der Waals surface area (Å²) in [7, 11) is 0. The summed E-state index contributed by atoms with van der Waals surface area (Å²) >= 11 is 0. The average Bonchev–Trinajstić information content (AvgIpc) is 2.15. The largest absolute Gasteiger partial charge is 0.370 e. The number of hydrogen-bond acceptors (Lipinski definition) is 2. The van der Waals surface area contributed by atoms with Crippen LogP contribution in [0.2, 0.25) is 0 Å². The lowest BCUT2D eigenvalue weighted by Gasteiger charge is -2.01. The molecule has 0 heterocycles. The van der Waals surface area contributed by atoms with Gasteiger partial charge in [0.05, 0.1) is 0 Å². The molecule has 1 aromatic carbocycles. The average molecular weight is 190 g/mol. The van der Waals surface area contributed by atoms with Crippen LogP contribution in [0.25, 0.3) is 6.08 Å². The van der Waals surface area contributed by atoms with Gasteiger partial charge in [0.15, 0.2) is 0 Å². The lowest BCUT2D eigenvalue weighted by molar-refractivity contribution is -0.118. The quantitative estimate of drug-likeness (QED) is 0.740. The molecule has 1 aromatic rings. The SMILES string of the molecule is NC(=O)CC(N)/C=C/c1ccccc1. The van der Waals surface area contributed by atoms with E-state index < -0.39 is 0 Å². The van der Waals surface area contributed by atoms with Gasteiger partial charge in [0.2, 0.25) is 5.91 Å². The van der Waals surface area contributed by atoms with Gasteiger partial charge in [-0.2, -0.15) is 0 Å². The van der Waals surface area contributed by atoms with Crippen molar-refractivity contribution in [1.29, 1.82) is 0 Å². The zero-order valence-corrected chi connectivity index (χ0v) is 7.89. The van der Waals surface area contributed by atoms with E-state index in [1.807, 2.05) is 36.4 Å². The molecule has 0 saturated carbocycles. The molecule has 1 atom stereocenters. The first-order valence-electron chi connectivity index (χ1n) is 4.45. The van der Waals surface area contributed by atoms with Crippen LogP contribution in [0.1, 0.15) is 12.0 Å². The minimum atomic E-state index is -0.379. The molecule has 0 aliphatic rings. The number of amides is 1. The van der Waals surface area contributed by atoms with E-state index in [0.29, 0.717) is 0 Å². The van der Waals surface area contributed by atoms with Crippen LogP contribution in [0.4, 0.5) is 0 Å². The van der Waals surface area contributed by atoms with Gasteiger partial charge in [0.25, 0.3) is 0 Å². The van der Waals surface area contributed by atoms with Gasteiger partial charge in [0.1, 0.15) is 0 Å². The molecule has 4 N–H and O–H groups in total. The highest BCUT2D eigenvalue weighted by Gasteiger charge is 2.00. The Bertz CT molecular complexity index is 319. The van der Waals surface area contributed by atoms with Gasteiger partial charge in [-0.05, 0) is 5.56 Å². The molecule has 0 bridgehead atoms. The Morgan fingerprint density at radius 2 is 2.00 bits per heavy atom. The van der Waals surface area contributed by atoms with Crippen molar-refractivity contribution < 1.29 is 4.79 Å². The summed E-state index contributed by atoms with van der Waals surface area (Å²) in [5.41, 5.74) is 11.7. The molecule has 0 aromatic heterocycles. The monoisotopic (exact) mass is 190 g/mol. The Hall–Kier alpha value is -1.61. The highest BCUT2D eigenvalue weighted by Crippen LogP contribution is 2.02. The first kappa shape index (κ1) is 10.5. The van der Waals surface area contributed by atoms with E-state index in [1.54, 1.807) is 6.08 Å². The summed E-state index contributed by atoms with van der Waals surface area (Å²) in [5, 5.41) is 0. The molecule has 3 nitrogen and oxygen atoms in total. The zero-order valence-electron chi connectivity index (χ0n) is 7.89. The summed E-state index contributed by atoms with van der Waals surface area (Å²) in [6, 6.07) is 9.47. The highest BCUT2D eigenvalue weighted by molar-refractivity contribution is 5.74. The summed E-state index contributed by atoms with van der Waals surface area (Å²) in [5.74, 6) is -0.379. The molecular weight excluding hydrogens is 176 g/mol. The number of carbonyl (C=O) groups is 1. The predicted octanol–water partition coefficient (Wildman–Crippen LogP) is 0.902. The second kappa shape index (κ2) is 5.19.